The van der Waals surface area contributed by atoms with Gasteiger partial charge in [0, 0.05) is 5.56 Å². The van der Waals surface area contributed by atoms with Gasteiger partial charge in [0.15, 0.2) is 0 Å². The maximum Gasteiger partial charge on any atom is 0.104 e. The summed E-state index contributed by atoms with van der Waals surface area (Å²) in [6.45, 7) is 11.7. The fourth-order valence-electron chi connectivity index (χ4n) is 1.98. The third-order valence-electron chi connectivity index (χ3n) is 3.37. The van der Waals surface area contributed by atoms with Crippen LogP contribution in [0.1, 0.15) is 26.3 Å². The average molecular weight is 224 g/mol. The summed E-state index contributed by atoms with van der Waals surface area (Å²) in [6, 6.07) is 10.8. The first kappa shape index (κ1) is 14.4. The molecule has 0 aliphatic carbocycles. The van der Waals surface area contributed by atoms with Crippen LogP contribution >= 0.6 is 0 Å². The Bertz CT molecular complexity index is 246. The Morgan fingerprint density at radius 1 is 0.867 bits per heavy atom. The summed E-state index contributed by atoms with van der Waals surface area (Å²) < 4.78 is 1.20. The lowest BCUT2D eigenvalue weighted by atomic mass is 10.2. The second-order valence-electron chi connectivity index (χ2n) is 3.93. The SMILES string of the molecule is CC[N+](CC)(CC)Cc1ccccc1.[SiH4]. The van der Waals surface area contributed by atoms with Gasteiger partial charge in [-0.2, -0.15) is 0 Å². The minimum absolute atomic E-state index is 0. The molecule has 86 valence electrons. The lowest BCUT2D eigenvalue weighted by Crippen LogP contribution is -2.46. The van der Waals surface area contributed by atoms with E-state index in [0.717, 1.165) is 0 Å². The van der Waals surface area contributed by atoms with Crippen LogP contribution in [0.5, 0.6) is 0 Å². The molecule has 1 nitrogen and oxygen atoms in total. The van der Waals surface area contributed by atoms with Gasteiger partial charge in [-0.25, -0.2) is 0 Å². The van der Waals surface area contributed by atoms with Crippen molar-refractivity contribution in [3.8, 4) is 0 Å². The zero-order valence-corrected chi connectivity index (χ0v) is 9.66. The van der Waals surface area contributed by atoms with E-state index in [1.165, 1.54) is 36.2 Å². The van der Waals surface area contributed by atoms with Gasteiger partial charge in [-0.05, 0) is 31.7 Å². The number of quaternary nitrogens is 1. The highest BCUT2D eigenvalue weighted by molar-refractivity contribution is 5.75. The molecule has 0 aliphatic rings. The zero-order valence-electron chi connectivity index (χ0n) is 9.66. The van der Waals surface area contributed by atoms with E-state index in [0.29, 0.717) is 0 Å². The van der Waals surface area contributed by atoms with Gasteiger partial charge in [0.2, 0.25) is 0 Å². The van der Waals surface area contributed by atoms with Crippen molar-refractivity contribution in [2.45, 2.75) is 27.3 Å². The Kier molecular flexibility index (Phi) is 6.53. The molecule has 0 atom stereocenters. The smallest absolute Gasteiger partial charge is 0.104 e. The monoisotopic (exact) mass is 224 g/mol. The van der Waals surface area contributed by atoms with E-state index in [1.54, 1.807) is 0 Å². The first-order valence-electron chi connectivity index (χ1n) is 5.65. The summed E-state index contributed by atoms with van der Waals surface area (Å²) in [5.74, 6) is 0. The van der Waals surface area contributed by atoms with Crippen molar-refractivity contribution in [1.82, 2.24) is 0 Å². The van der Waals surface area contributed by atoms with E-state index in [1.807, 2.05) is 0 Å². The van der Waals surface area contributed by atoms with Crippen LogP contribution in [0.4, 0.5) is 0 Å². The Balaban J connectivity index is 0.00000196. The molecule has 0 radical (unpaired) electrons. The van der Waals surface area contributed by atoms with Crippen LogP contribution in [0.3, 0.4) is 0 Å². The lowest BCUT2D eigenvalue weighted by molar-refractivity contribution is -0.936. The maximum atomic E-state index is 2.29. The summed E-state index contributed by atoms with van der Waals surface area (Å²) in [7, 11) is 0. The van der Waals surface area contributed by atoms with Gasteiger partial charge >= 0.3 is 0 Å². The largest absolute Gasteiger partial charge is 0.321 e. The highest BCUT2D eigenvalue weighted by Crippen LogP contribution is 2.13. The van der Waals surface area contributed by atoms with Gasteiger partial charge < -0.3 is 4.48 Å². The summed E-state index contributed by atoms with van der Waals surface area (Å²) >= 11 is 0. The van der Waals surface area contributed by atoms with Crippen molar-refractivity contribution in [2.24, 2.45) is 0 Å². The molecule has 1 aromatic rings. The number of rotatable bonds is 5. The molecule has 0 saturated heterocycles. The highest BCUT2D eigenvalue weighted by Gasteiger charge is 2.20. The molecule has 0 amide bonds. The molecule has 0 heterocycles. The first-order chi connectivity index (χ1) is 6.76. The molecular formula is C13H26NSi+. The minimum atomic E-state index is 0. The summed E-state index contributed by atoms with van der Waals surface area (Å²) in [5, 5.41) is 0. The molecule has 1 rings (SSSR count). The fraction of sp³-hybridized carbons (Fsp3) is 0.538. The van der Waals surface area contributed by atoms with Crippen molar-refractivity contribution < 1.29 is 4.48 Å². The van der Waals surface area contributed by atoms with Crippen LogP contribution < -0.4 is 0 Å². The summed E-state index contributed by atoms with van der Waals surface area (Å²) in [5.41, 5.74) is 1.46. The molecular weight excluding hydrogens is 198 g/mol. The van der Waals surface area contributed by atoms with E-state index in [9.17, 15) is 0 Å². The normalized spacial score (nSPS) is 10.9. The van der Waals surface area contributed by atoms with Crippen molar-refractivity contribution in [1.29, 1.82) is 0 Å². The van der Waals surface area contributed by atoms with Gasteiger partial charge in [-0.15, -0.1) is 0 Å². The van der Waals surface area contributed by atoms with E-state index >= 15 is 0 Å². The predicted octanol–water partition coefficient (Wildman–Crippen LogP) is 1.61. The van der Waals surface area contributed by atoms with Crippen LogP contribution in [-0.4, -0.2) is 35.1 Å². The number of hydrogen-bond donors (Lipinski definition) is 0. The Morgan fingerprint density at radius 2 is 1.33 bits per heavy atom. The number of nitrogens with zero attached hydrogens (tertiary/aromatic N) is 1. The van der Waals surface area contributed by atoms with Crippen molar-refractivity contribution in [3.05, 3.63) is 35.9 Å². The number of benzene rings is 1. The maximum absolute atomic E-state index is 2.29. The topological polar surface area (TPSA) is 0 Å². The van der Waals surface area contributed by atoms with Gasteiger partial charge in [-0.3, -0.25) is 0 Å². The molecule has 0 spiro atoms. The van der Waals surface area contributed by atoms with Gasteiger partial charge in [0.1, 0.15) is 6.54 Å². The second kappa shape index (κ2) is 6.80. The summed E-state index contributed by atoms with van der Waals surface area (Å²) in [4.78, 5) is 0. The minimum Gasteiger partial charge on any atom is -0.321 e. The van der Waals surface area contributed by atoms with Crippen LogP contribution in [0, 0.1) is 0 Å². The predicted molar refractivity (Wildman–Crippen MR) is 73.4 cm³/mol. The molecule has 0 aliphatic heterocycles. The average Bonchev–Trinajstić information content (AvgIpc) is 2.28. The lowest BCUT2D eigenvalue weighted by Gasteiger charge is -2.35. The third-order valence-corrected chi connectivity index (χ3v) is 3.37. The van der Waals surface area contributed by atoms with E-state index in [2.05, 4.69) is 51.1 Å². The zero-order chi connectivity index (χ0) is 10.4. The van der Waals surface area contributed by atoms with Gasteiger partial charge in [0.05, 0.1) is 19.6 Å². The van der Waals surface area contributed by atoms with Gasteiger partial charge in [-0.1, -0.05) is 30.3 Å². The van der Waals surface area contributed by atoms with Crippen LogP contribution in [0.25, 0.3) is 0 Å². The van der Waals surface area contributed by atoms with Crippen LogP contribution in [-0.2, 0) is 6.54 Å². The Hall–Kier alpha value is -0.603. The van der Waals surface area contributed by atoms with Crippen LogP contribution in [0.15, 0.2) is 30.3 Å². The van der Waals surface area contributed by atoms with Crippen LogP contribution in [0.2, 0.25) is 0 Å². The molecule has 0 saturated carbocycles. The Labute approximate surface area is 98.7 Å². The van der Waals surface area contributed by atoms with E-state index in [4.69, 9.17) is 0 Å². The quantitative estimate of drug-likeness (QED) is 0.527. The fourth-order valence-corrected chi connectivity index (χ4v) is 1.98. The summed E-state index contributed by atoms with van der Waals surface area (Å²) in [6.07, 6.45) is 0. The third kappa shape index (κ3) is 3.80. The molecule has 2 heteroatoms. The standard InChI is InChI=1S/C13H22N.H4Si/c1-4-14(5-2,6-3)12-13-10-8-7-9-11-13;/h7-11H,4-6,12H2,1-3H3;1H4/q+1;. The second-order valence-corrected chi connectivity index (χ2v) is 3.93. The molecule has 0 bridgehead atoms. The molecule has 15 heavy (non-hydrogen) atoms. The molecule has 1 aromatic carbocycles. The van der Waals surface area contributed by atoms with E-state index in [-0.39, 0.29) is 11.0 Å². The van der Waals surface area contributed by atoms with E-state index < -0.39 is 0 Å². The van der Waals surface area contributed by atoms with Crippen molar-refractivity contribution in [3.63, 3.8) is 0 Å². The van der Waals surface area contributed by atoms with Crippen molar-refractivity contribution >= 4 is 11.0 Å². The highest BCUT2D eigenvalue weighted by atomic mass is 28.1. The molecule has 0 N–H and O–H groups in total. The molecule has 0 aromatic heterocycles. The first-order valence-corrected chi connectivity index (χ1v) is 5.65. The van der Waals surface area contributed by atoms with Gasteiger partial charge in [0.25, 0.3) is 0 Å². The number of hydrogen-bond acceptors (Lipinski definition) is 0. The Morgan fingerprint density at radius 3 is 1.73 bits per heavy atom. The molecule has 0 unspecified atom stereocenters. The molecule has 0 fully saturated rings. The van der Waals surface area contributed by atoms with Crippen molar-refractivity contribution in [2.75, 3.05) is 19.6 Å².